The Morgan fingerprint density at radius 3 is 2.78 bits per heavy atom. The van der Waals surface area contributed by atoms with Crippen LogP contribution in [0.5, 0.6) is 5.75 Å². The number of benzene rings is 2. The molecule has 0 saturated carbocycles. The summed E-state index contributed by atoms with van der Waals surface area (Å²) in [4.78, 5) is 23.1. The van der Waals surface area contributed by atoms with Crippen molar-refractivity contribution in [3.63, 3.8) is 0 Å². The van der Waals surface area contributed by atoms with E-state index in [-0.39, 0.29) is 5.56 Å². The van der Waals surface area contributed by atoms with Gasteiger partial charge in [-0.05, 0) is 54.9 Å². The molecule has 3 heterocycles. The maximum Gasteiger partial charge on any atom is 0.267 e. The molecule has 0 aliphatic carbocycles. The third kappa shape index (κ3) is 4.06. The molecule has 0 radical (unpaired) electrons. The average molecular weight is 484 g/mol. The van der Waals surface area contributed by atoms with Gasteiger partial charge in [0.2, 0.25) is 0 Å². The fourth-order valence-electron chi connectivity index (χ4n) is 3.96. The van der Waals surface area contributed by atoms with Crippen molar-refractivity contribution in [2.24, 2.45) is 0 Å². The molecule has 5 rings (SSSR count). The zero-order valence-electron chi connectivity index (χ0n) is 17.8. The number of hydrogen-bond acceptors (Lipinski definition) is 6. The zero-order chi connectivity index (χ0) is 22.2. The minimum atomic E-state index is -0.0171. The molecular formula is C24H22ClN3O2S2. The van der Waals surface area contributed by atoms with Crippen LogP contribution in [0, 0.1) is 0 Å². The molecule has 32 heavy (non-hydrogen) atoms. The number of nitrogens with zero attached hydrogens (tertiary/aromatic N) is 3. The minimum absolute atomic E-state index is 0.0171. The van der Waals surface area contributed by atoms with E-state index in [4.69, 9.17) is 21.3 Å². The van der Waals surface area contributed by atoms with Crippen LogP contribution in [0.1, 0.15) is 16.0 Å². The van der Waals surface area contributed by atoms with Crippen LogP contribution < -0.4 is 10.3 Å². The van der Waals surface area contributed by atoms with E-state index >= 15 is 0 Å². The number of ether oxygens (including phenoxy) is 1. The van der Waals surface area contributed by atoms with E-state index in [0.717, 1.165) is 52.3 Å². The van der Waals surface area contributed by atoms with Crippen molar-refractivity contribution < 1.29 is 4.74 Å². The molecule has 164 valence electrons. The van der Waals surface area contributed by atoms with Crippen LogP contribution in [0.3, 0.4) is 0 Å². The first-order valence-corrected chi connectivity index (χ1v) is 12.5. The second-order valence-electron chi connectivity index (χ2n) is 7.82. The summed E-state index contributed by atoms with van der Waals surface area (Å²) in [5.74, 6) is 1.51. The van der Waals surface area contributed by atoms with Gasteiger partial charge in [-0.1, -0.05) is 41.6 Å². The summed E-state index contributed by atoms with van der Waals surface area (Å²) in [6, 6.07) is 15.4. The molecule has 1 aliphatic rings. The lowest BCUT2D eigenvalue weighted by atomic mass is 10.1. The molecule has 4 aromatic rings. The van der Waals surface area contributed by atoms with Crippen LogP contribution in [-0.4, -0.2) is 35.2 Å². The van der Waals surface area contributed by atoms with Gasteiger partial charge < -0.3 is 9.64 Å². The van der Waals surface area contributed by atoms with Crippen molar-refractivity contribution in [2.75, 3.05) is 20.7 Å². The van der Waals surface area contributed by atoms with E-state index in [1.165, 1.54) is 4.88 Å². The Morgan fingerprint density at radius 1 is 1.22 bits per heavy atom. The summed E-state index contributed by atoms with van der Waals surface area (Å²) in [5.41, 5.74) is 3.01. The quantitative estimate of drug-likeness (QED) is 0.281. The highest BCUT2D eigenvalue weighted by molar-refractivity contribution is 7.98. The highest BCUT2D eigenvalue weighted by atomic mass is 35.5. The lowest BCUT2D eigenvalue weighted by Crippen LogP contribution is -2.27. The number of fused-ring (bicyclic) bond motifs is 3. The second kappa shape index (κ2) is 8.90. The van der Waals surface area contributed by atoms with Gasteiger partial charge in [-0.25, -0.2) is 4.98 Å². The Hall–Kier alpha value is -2.32. The molecule has 0 amide bonds. The van der Waals surface area contributed by atoms with E-state index in [9.17, 15) is 4.79 Å². The molecule has 0 bridgehead atoms. The number of thiophene rings is 1. The van der Waals surface area contributed by atoms with Crippen LogP contribution in [0.4, 0.5) is 0 Å². The standard InChI is InChI=1S/C24H22ClN3O2S2/c1-27-11-10-19-20(13-27)32-22-21(19)23(29)28(17-5-3-4-16(25)12-17)24(26-22)31-14-15-6-8-18(30-2)9-7-15/h3-9,12H,10-11,13-14H2,1-2H3. The minimum Gasteiger partial charge on any atom is -0.497 e. The molecule has 5 nitrogen and oxygen atoms in total. The smallest absolute Gasteiger partial charge is 0.267 e. The number of aromatic nitrogens is 2. The van der Waals surface area contributed by atoms with Crippen LogP contribution in [0.15, 0.2) is 58.5 Å². The average Bonchev–Trinajstić information content (AvgIpc) is 3.15. The predicted molar refractivity (Wildman–Crippen MR) is 133 cm³/mol. The van der Waals surface area contributed by atoms with Gasteiger partial charge in [0.25, 0.3) is 5.56 Å². The van der Waals surface area contributed by atoms with Crippen molar-refractivity contribution in [1.29, 1.82) is 0 Å². The number of hydrogen-bond donors (Lipinski definition) is 0. The van der Waals surface area contributed by atoms with E-state index in [0.29, 0.717) is 15.9 Å². The monoisotopic (exact) mass is 483 g/mol. The van der Waals surface area contributed by atoms with Crippen molar-refractivity contribution in [3.05, 3.63) is 79.9 Å². The fraction of sp³-hybridized carbons (Fsp3) is 0.250. The third-order valence-electron chi connectivity index (χ3n) is 5.63. The van der Waals surface area contributed by atoms with Gasteiger partial charge in [-0.2, -0.15) is 0 Å². The maximum absolute atomic E-state index is 13.8. The van der Waals surface area contributed by atoms with Crippen LogP contribution in [0.25, 0.3) is 15.9 Å². The lowest BCUT2D eigenvalue weighted by Gasteiger charge is -2.21. The van der Waals surface area contributed by atoms with Gasteiger partial charge in [0.05, 0.1) is 18.2 Å². The molecule has 0 N–H and O–H groups in total. The molecule has 0 atom stereocenters. The Bertz CT molecular complexity index is 1350. The number of halogens is 1. The summed E-state index contributed by atoms with van der Waals surface area (Å²) >= 11 is 9.47. The van der Waals surface area contributed by atoms with Crippen molar-refractivity contribution >= 4 is 44.9 Å². The first-order valence-electron chi connectivity index (χ1n) is 10.3. The van der Waals surface area contributed by atoms with Crippen LogP contribution >= 0.6 is 34.7 Å². The molecule has 2 aromatic carbocycles. The number of thioether (sulfide) groups is 1. The lowest BCUT2D eigenvalue weighted by molar-refractivity contribution is 0.318. The predicted octanol–water partition coefficient (Wildman–Crippen LogP) is 5.39. The first kappa shape index (κ1) is 21.5. The molecule has 0 unspecified atom stereocenters. The summed E-state index contributed by atoms with van der Waals surface area (Å²) in [6.07, 6.45) is 0.872. The molecule has 2 aromatic heterocycles. The maximum atomic E-state index is 13.8. The van der Waals surface area contributed by atoms with E-state index < -0.39 is 0 Å². The van der Waals surface area contributed by atoms with E-state index in [2.05, 4.69) is 11.9 Å². The summed E-state index contributed by atoms with van der Waals surface area (Å²) in [6.45, 7) is 1.81. The molecule has 0 fully saturated rings. The van der Waals surface area contributed by atoms with Crippen molar-refractivity contribution in [3.8, 4) is 11.4 Å². The SMILES string of the molecule is COc1ccc(CSc2nc3sc4c(c3c(=O)n2-c2cccc(Cl)c2)CCN(C)C4)cc1. The molecule has 0 spiro atoms. The Balaban J connectivity index is 1.62. The number of likely N-dealkylation sites (N-methyl/N-ethyl adjacent to an activating group) is 1. The van der Waals surface area contributed by atoms with Gasteiger partial charge >= 0.3 is 0 Å². The van der Waals surface area contributed by atoms with Crippen LogP contribution in [0.2, 0.25) is 5.02 Å². The molecular weight excluding hydrogens is 462 g/mol. The fourth-order valence-corrected chi connectivity index (χ4v) is 6.46. The summed E-state index contributed by atoms with van der Waals surface area (Å²) in [7, 11) is 3.77. The van der Waals surface area contributed by atoms with Gasteiger partial charge in [-0.15, -0.1) is 11.3 Å². The van der Waals surface area contributed by atoms with Gasteiger partial charge in [0.1, 0.15) is 10.6 Å². The number of methoxy groups -OCH3 is 1. The largest absolute Gasteiger partial charge is 0.497 e. The van der Waals surface area contributed by atoms with Gasteiger partial charge in [-0.3, -0.25) is 9.36 Å². The van der Waals surface area contributed by atoms with Crippen molar-refractivity contribution in [1.82, 2.24) is 14.5 Å². The normalized spacial score (nSPS) is 14.0. The molecule has 1 aliphatic heterocycles. The molecule has 0 saturated heterocycles. The van der Waals surface area contributed by atoms with Crippen molar-refractivity contribution in [2.45, 2.75) is 23.9 Å². The summed E-state index contributed by atoms with van der Waals surface area (Å²) < 4.78 is 6.97. The zero-order valence-corrected chi connectivity index (χ0v) is 20.2. The summed E-state index contributed by atoms with van der Waals surface area (Å²) in [5, 5.41) is 2.02. The van der Waals surface area contributed by atoms with E-state index in [1.807, 2.05) is 48.5 Å². The van der Waals surface area contributed by atoms with Crippen LogP contribution in [-0.2, 0) is 18.7 Å². The Kier molecular flexibility index (Phi) is 5.99. The Morgan fingerprint density at radius 2 is 2.03 bits per heavy atom. The second-order valence-corrected chi connectivity index (χ2v) is 10.3. The molecule has 8 heteroatoms. The Labute approximate surface area is 199 Å². The highest BCUT2D eigenvalue weighted by Crippen LogP contribution is 2.34. The first-order chi connectivity index (χ1) is 15.5. The van der Waals surface area contributed by atoms with Gasteiger partial charge in [0, 0.05) is 28.7 Å². The highest BCUT2D eigenvalue weighted by Gasteiger charge is 2.24. The third-order valence-corrected chi connectivity index (χ3v) is 7.98. The van der Waals surface area contributed by atoms with Gasteiger partial charge in [0.15, 0.2) is 5.16 Å². The number of rotatable bonds is 5. The van der Waals surface area contributed by atoms with E-state index in [1.54, 1.807) is 34.8 Å². The topological polar surface area (TPSA) is 47.4 Å².